The van der Waals surface area contributed by atoms with Gasteiger partial charge in [-0.3, -0.25) is 0 Å². The number of hydrogen-bond acceptors (Lipinski definition) is 0. The molecule has 0 unspecified atom stereocenters. The van der Waals surface area contributed by atoms with Crippen molar-refractivity contribution in [2.45, 2.75) is 38.8 Å². The second kappa shape index (κ2) is 9.24. The van der Waals surface area contributed by atoms with Crippen LogP contribution in [0, 0.1) is 0 Å². The van der Waals surface area contributed by atoms with Gasteiger partial charge in [0.05, 0.1) is 0 Å². The summed E-state index contributed by atoms with van der Waals surface area (Å²) < 4.78 is 7.28. The number of para-hydroxylation sites is 2. The van der Waals surface area contributed by atoms with Crippen molar-refractivity contribution in [1.29, 1.82) is 0 Å². The fourth-order valence-electron chi connectivity index (χ4n) is 5.43. The number of rotatable bonds is 7. The Morgan fingerprint density at radius 1 is 0.441 bits per heavy atom. The summed E-state index contributed by atoms with van der Waals surface area (Å²) >= 11 is 7.29. The Balaban J connectivity index is 1.15. The smallest absolute Gasteiger partial charge is 0.0492 e. The van der Waals surface area contributed by atoms with Crippen LogP contribution in [-0.2, 0) is 13.1 Å². The van der Waals surface area contributed by atoms with Crippen LogP contribution in [0.4, 0.5) is 0 Å². The number of benzene rings is 4. The molecule has 0 amide bonds. The molecule has 0 saturated heterocycles. The number of hydrogen-bond donors (Lipinski definition) is 0. The molecule has 0 saturated carbocycles. The van der Waals surface area contributed by atoms with Crippen molar-refractivity contribution in [2.24, 2.45) is 0 Å². The topological polar surface area (TPSA) is 9.86 Å². The molecule has 0 N–H and O–H groups in total. The predicted molar refractivity (Wildman–Crippen MR) is 153 cm³/mol. The Morgan fingerprint density at radius 2 is 0.853 bits per heavy atom. The van der Waals surface area contributed by atoms with E-state index >= 15 is 0 Å². The van der Waals surface area contributed by atoms with E-state index in [9.17, 15) is 0 Å². The lowest BCUT2D eigenvalue weighted by molar-refractivity contribution is 0.559. The summed E-state index contributed by atoms with van der Waals surface area (Å²) in [6.45, 7) is 2.13. The van der Waals surface area contributed by atoms with Gasteiger partial charge in [0, 0.05) is 65.6 Å². The van der Waals surface area contributed by atoms with Crippen LogP contribution in [0.25, 0.3) is 43.6 Å². The Labute approximate surface area is 216 Å². The van der Waals surface area contributed by atoms with Gasteiger partial charge in [0.2, 0.25) is 0 Å². The number of nitrogens with zero attached hydrogens (tertiary/aromatic N) is 2. The van der Waals surface area contributed by atoms with Gasteiger partial charge in [-0.05, 0) is 61.4 Å². The maximum absolute atomic E-state index is 3.64. The first-order chi connectivity index (χ1) is 16.7. The highest BCUT2D eigenvalue weighted by Gasteiger charge is 2.12. The lowest BCUT2D eigenvalue weighted by Gasteiger charge is -2.09. The zero-order valence-electron chi connectivity index (χ0n) is 19.0. The molecule has 4 aromatic carbocycles. The Bertz CT molecular complexity index is 1520. The van der Waals surface area contributed by atoms with Crippen molar-refractivity contribution >= 4 is 75.5 Å². The van der Waals surface area contributed by atoms with Crippen LogP contribution in [0.2, 0.25) is 0 Å². The number of aryl methyl sites for hydroxylation is 2. The molecule has 170 valence electrons. The van der Waals surface area contributed by atoms with Crippen LogP contribution in [0.15, 0.2) is 93.9 Å². The normalized spacial score (nSPS) is 11.9. The first-order valence-electron chi connectivity index (χ1n) is 12.0. The second-order valence-corrected chi connectivity index (χ2v) is 10.9. The molecule has 0 aliphatic rings. The van der Waals surface area contributed by atoms with Crippen molar-refractivity contribution in [3.63, 3.8) is 0 Å². The van der Waals surface area contributed by atoms with Crippen molar-refractivity contribution < 1.29 is 0 Å². The van der Waals surface area contributed by atoms with Crippen molar-refractivity contribution in [3.8, 4) is 0 Å². The van der Waals surface area contributed by atoms with E-state index in [0.29, 0.717) is 0 Å². The maximum atomic E-state index is 3.64. The van der Waals surface area contributed by atoms with Gasteiger partial charge in [-0.1, -0.05) is 81.1 Å². The van der Waals surface area contributed by atoms with Gasteiger partial charge in [-0.2, -0.15) is 0 Å². The minimum absolute atomic E-state index is 1.06. The average Bonchev–Trinajstić information content (AvgIpc) is 3.33. The summed E-state index contributed by atoms with van der Waals surface area (Å²) in [6, 6.07) is 30.9. The second-order valence-electron chi connectivity index (χ2n) is 9.07. The first kappa shape index (κ1) is 21.9. The van der Waals surface area contributed by atoms with Crippen LogP contribution in [-0.4, -0.2) is 9.13 Å². The molecule has 6 rings (SSSR count). The third kappa shape index (κ3) is 3.87. The molecule has 0 fully saturated rings. The highest BCUT2D eigenvalue weighted by molar-refractivity contribution is 9.10. The molecule has 2 aromatic heterocycles. The molecule has 2 heterocycles. The first-order valence-corrected chi connectivity index (χ1v) is 13.6. The molecule has 0 aliphatic carbocycles. The van der Waals surface area contributed by atoms with Gasteiger partial charge < -0.3 is 9.13 Å². The molecule has 0 aliphatic heterocycles. The maximum Gasteiger partial charge on any atom is 0.0492 e. The molecule has 6 aromatic rings. The summed E-state index contributed by atoms with van der Waals surface area (Å²) in [5.74, 6) is 0. The van der Waals surface area contributed by atoms with Gasteiger partial charge in [0.25, 0.3) is 0 Å². The highest BCUT2D eigenvalue weighted by atomic mass is 79.9. The van der Waals surface area contributed by atoms with Crippen LogP contribution in [0.1, 0.15) is 25.7 Å². The van der Waals surface area contributed by atoms with E-state index in [4.69, 9.17) is 0 Å². The Kier molecular flexibility index (Phi) is 5.96. The Morgan fingerprint density at radius 3 is 1.32 bits per heavy atom. The molecule has 2 nitrogen and oxygen atoms in total. The lowest BCUT2D eigenvalue weighted by atomic mass is 10.2. The average molecular weight is 574 g/mol. The van der Waals surface area contributed by atoms with Crippen molar-refractivity contribution in [2.75, 3.05) is 0 Å². The fourth-order valence-corrected chi connectivity index (χ4v) is 6.15. The monoisotopic (exact) mass is 572 g/mol. The number of aromatic nitrogens is 2. The zero-order chi connectivity index (χ0) is 23.1. The summed E-state index contributed by atoms with van der Waals surface area (Å²) in [6.07, 6.45) is 4.88. The molecule has 0 bridgehead atoms. The lowest BCUT2D eigenvalue weighted by Crippen LogP contribution is -2.00. The minimum Gasteiger partial charge on any atom is -0.340 e. The largest absolute Gasteiger partial charge is 0.340 e. The summed E-state index contributed by atoms with van der Waals surface area (Å²) in [5.41, 5.74) is 5.35. The van der Waals surface area contributed by atoms with Crippen LogP contribution < -0.4 is 0 Å². The Hall–Kier alpha value is -2.56. The van der Waals surface area contributed by atoms with Gasteiger partial charge in [-0.25, -0.2) is 0 Å². The molecule has 0 atom stereocenters. The third-order valence-corrected chi connectivity index (χ3v) is 7.97. The van der Waals surface area contributed by atoms with Crippen LogP contribution in [0.5, 0.6) is 0 Å². The van der Waals surface area contributed by atoms with Crippen LogP contribution in [0.3, 0.4) is 0 Å². The molecule has 4 heteroatoms. The highest BCUT2D eigenvalue weighted by Crippen LogP contribution is 2.33. The van der Waals surface area contributed by atoms with Crippen LogP contribution >= 0.6 is 31.9 Å². The summed E-state index contributed by atoms with van der Waals surface area (Å²) in [4.78, 5) is 0. The van der Waals surface area contributed by atoms with E-state index < -0.39 is 0 Å². The van der Waals surface area contributed by atoms with E-state index in [2.05, 4.69) is 126 Å². The summed E-state index contributed by atoms with van der Waals surface area (Å²) in [5, 5.41) is 5.36. The van der Waals surface area contributed by atoms with E-state index in [1.807, 2.05) is 0 Å². The molecule has 0 spiro atoms. The quantitative estimate of drug-likeness (QED) is 0.168. The zero-order valence-corrected chi connectivity index (χ0v) is 22.1. The third-order valence-electron chi connectivity index (χ3n) is 6.98. The summed E-state index contributed by atoms with van der Waals surface area (Å²) in [7, 11) is 0. The number of fused-ring (bicyclic) bond motifs is 6. The van der Waals surface area contributed by atoms with Gasteiger partial charge in [-0.15, -0.1) is 0 Å². The molecule has 34 heavy (non-hydrogen) atoms. The number of unbranched alkanes of at least 4 members (excludes halogenated alkanes) is 3. The van der Waals surface area contributed by atoms with Crippen molar-refractivity contribution in [3.05, 3.63) is 93.9 Å². The van der Waals surface area contributed by atoms with E-state index in [-0.39, 0.29) is 0 Å². The van der Waals surface area contributed by atoms with Gasteiger partial charge in [0.1, 0.15) is 0 Å². The predicted octanol–water partition coefficient (Wildman–Crippen LogP) is 9.69. The van der Waals surface area contributed by atoms with Gasteiger partial charge in [0.15, 0.2) is 0 Å². The molecule has 0 radical (unpaired) electrons. The molecular weight excluding hydrogens is 548 g/mol. The SMILES string of the molecule is Brc1ccc2c(c1)c1ccccc1n2CCCCCCn1c2ccccc2c2cc(Br)ccc21. The fraction of sp³-hybridized carbons (Fsp3) is 0.200. The van der Waals surface area contributed by atoms with Crippen molar-refractivity contribution in [1.82, 2.24) is 9.13 Å². The molecular formula is C30H26Br2N2. The van der Waals surface area contributed by atoms with E-state index in [1.165, 1.54) is 69.3 Å². The van der Waals surface area contributed by atoms with Gasteiger partial charge >= 0.3 is 0 Å². The standard InChI is InChI=1S/C30H26Br2N2/c31-21-13-15-29-25(19-21)23-9-3-5-11-27(23)33(29)17-7-1-2-8-18-34-28-12-6-4-10-24(28)26-20-22(32)14-16-30(26)34/h3-6,9-16,19-20H,1-2,7-8,17-18H2. The number of halogens is 2. The van der Waals surface area contributed by atoms with E-state index in [1.54, 1.807) is 0 Å². The van der Waals surface area contributed by atoms with E-state index in [0.717, 1.165) is 22.0 Å². The minimum atomic E-state index is 1.06.